The molecule has 72 valence electrons. The van der Waals surface area contributed by atoms with Crippen LogP contribution in [-0.4, -0.2) is 0 Å². The zero-order valence-electron chi connectivity index (χ0n) is 8.04. The summed E-state index contributed by atoms with van der Waals surface area (Å²) in [5.41, 5.74) is 9.65. The highest BCUT2D eigenvalue weighted by Gasteiger charge is 2.13. The number of anilines is 1. The SMILES string of the molecule is CCc1c(N)c(C)c(C)c(Cl)c1Cl. The van der Waals surface area contributed by atoms with Crippen molar-refractivity contribution in [2.45, 2.75) is 27.2 Å². The number of halogens is 2. The Kier molecular flexibility index (Phi) is 3.09. The zero-order chi connectivity index (χ0) is 10.2. The van der Waals surface area contributed by atoms with Crippen molar-refractivity contribution in [2.75, 3.05) is 5.73 Å². The fourth-order valence-corrected chi connectivity index (χ4v) is 1.99. The van der Waals surface area contributed by atoms with Crippen LogP contribution in [0.2, 0.25) is 10.0 Å². The van der Waals surface area contributed by atoms with Crippen molar-refractivity contribution in [3.8, 4) is 0 Å². The maximum absolute atomic E-state index is 6.06. The van der Waals surface area contributed by atoms with Gasteiger partial charge < -0.3 is 5.73 Å². The predicted molar refractivity (Wildman–Crippen MR) is 59.7 cm³/mol. The largest absolute Gasteiger partial charge is 0.398 e. The highest BCUT2D eigenvalue weighted by molar-refractivity contribution is 6.43. The summed E-state index contributed by atoms with van der Waals surface area (Å²) < 4.78 is 0. The topological polar surface area (TPSA) is 26.0 Å². The van der Waals surface area contributed by atoms with Crippen LogP contribution in [0.1, 0.15) is 23.6 Å². The number of nitrogen functional groups attached to an aromatic ring is 1. The van der Waals surface area contributed by atoms with Gasteiger partial charge >= 0.3 is 0 Å². The molecule has 0 heterocycles. The monoisotopic (exact) mass is 217 g/mol. The Morgan fingerprint density at radius 1 is 1.08 bits per heavy atom. The number of nitrogens with two attached hydrogens (primary N) is 1. The molecule has 0 aliphatic carbocycles. The van der Waals surface area contributed by atoms with Crippen LogP contribution in [0, 0.1) is 13.8 Å². The number of hydrogen-bond donors (Lipinski definition) is 1. The first-order valence-corrected chi connectivity index (χ1v) is 4.98. The smallest absolute Gasteiger partial charge is 0.0647 e. The quantitative estimate of drug-likeness (QED) is 0.713. The molecule has 1 rings (SSSR count). The third-order valence-corrected chi connectivity index (χ3v) is 3.42. The van der Waals surface area contributed by atoms with E-state index in [4.69, 9.17) is 28.9 Å². The van der Waals surface area contributed by atoms with Crippen molar-refractivity contribution in [1.82, 2.24) is 0 Å². The molecule has 0 saturated heterocycles. The lowest BCUT2D eigenvalue weighted by atomic mass is 10.0. The summed E-state index contributed by atoms with van der Waals surface area (Å²) in [7, 11) is 0. The number of rotatable bonds is 1. The van der Waals surface area contributed by atoms with Crippen molar-refractivity contribution in [2.24, 2.45) is 0 Å². The molecule has 0 radical (unpaired) electrons. The van der Waals surface area contributed by atoms with Crippen LogP contribution >= 0.6 is 23.2 Å². The molecule has 0 unspecified atom stereocenters. The van der Waals surface area contributed by atoms with E-state index >= 15 is 0 Å². The highest BCUT2D eigenvalue weighted by atomic mass is 35.5. The summed E-state index contributed by atoms with van der Waals surface area (Å²) in [5.74, 6) is 0. The third-order valence-electron chi connectivity index (χ3n) is 2.43. The van der Waals surface area contributed by atoms with Gasteiger partial charge in [-0.05, 0) is 37.0 Å². The van der Waals surface area contributed by atoms with E-state index in [0.717, 1.165) is 28.8 Å². The van der Waals surface area contributed by atoms with Crippen LogP contribution in [0.4, 0.5) is 5.69 Å². The van der Waals surface area contributed by atoms with Gasteiger partial charge in [0.05, 0.1) is 10.0 Å². The van der Waals surface area contributed by atoms with E-state index in [9.17, 15) is 0 Å². The second-order valence-corrected chi connectivity index (χ2v) is 3.88. The Morgan fingerprint density at radius 2 is 1.62 bits per heavy atom. The van der Waals surface area contributed by atoms with Gasteiger partial charge in [-0.3, -0.25) is 0 Å². The summed E-state index contributed by atoms with van der Waals surface area (Å²) in [6, 6.07) is 0. The average molecular weight is 218 g/mol. The molecule has 1 aromatic rings. The molecule has 0 saturated carbocycles. The van der Waals surface area contributed by atoms with E-state index in [1.165, 1.54) is 0 Å². The van der Waals surface area contributed by atoms with E-state index in [1.54, 1.807) is 0 Å². The van der Waals surface area contributed by atoms with Crippen LogP contribution in [-0.2, 0) is 6.42 Å². The molecule has 13 heavy (non-hydrogen) atoms. The van der Waals surface area contributed by atoms with Crippen molar-refractivity contribution >= 4 is 28.9 Å². The molecule has 1 nitrogen and oxygen atoms in total. The van der Waals surface area contributed by atoms with Crippen LogP contribution < -0.4 is 5.73 Å². The lowest BCUT2D eigenvalue weighted by molar-refractivity contribution is 1.13. The predicted octanol–water partition coefficient (Wildman–Crippen LogP) is 3.75. The number of benzene rings is 1. The molecule has 3 heteroatoms. The molecule has 0 bridgehead atoms. The van der Waals surface area contributed by atoms with Crippen molar-refractivity contribution in [1.29, 1.82) is 0 Å². The molecule has 1 aromatic carbocycles. The standard InChI is InChI=1S/C10H13Cl2N/c1-4-7-9(12)8(11)5(2)6(3)10(7)13/h4,13H2,1-3H3. The van der Waals surface area contributed by atoms with Gasteiger partial charge in [-0.25, -0.2) is 0 Å². The van der Waals surface area contributed by atoms with Gasteiger partial charge in [-0.2, -0.15) is 0 Å². The Labute approximate surface area is 88.8 Å². The summed E-state index contributed by atoms with van der Waals surface area (Å²) in [6.45, 7) is 5.91. The van der Waals surface area contributed by atoms with Gasteiger partial charge in [0.15, 0.2) is 0 Å². The van der Waals surface area contributed by atoms with Crippen LogP contribution in [0.25, 0.3) is 0 Å². The van der Waals surface area contributed by atoms with Gasteiger partial charge in [0.2, 0.25) is 0 Å². The van der Waals surface area contributed by atoms with Crippen molar-refractivity contribution in [3.63, 3.8) is 0 Å². The zero-order valence-corrected chi connectivity index (χ0v) is 9.55. The molecular weight excluding hydrogens is 205 g/mol. The van der Waals surface area contributed by atoms with E-state index in [1.807, 2.05) is 20.8 Å². The lowest BCUT2D eigenvalue weighted by Gasteiger charge is -2.14. The lowest BCUT2D eigenvalue weighted by Crippen LogP contribution is -2.00. The minimum Gasteiger partial charge on any atom is -0.398 e. The van der Waals surface area contributed by atoms with E-state index in [0.29, 0.717) is 10.0 Å². The van der Waals surface area contributed by atoms with Gasteiger partial charge in [0, 0.05) is 5.69 Å². The minimum atomic E-state index is 0.602. The Hall–Kier alpha value is -0.400. The van der Waals surface area contributed by atoms with Crippen LogP contribution in [0.15, 0.2) is 0 Å². The van der Waals surface area contributed by atoms with Crippen LogP contribution in [0.5, 0.6) is 0 Å². The molecule has 0 aliphatic heterocycles. The van der Waals surface area contributed by atoms with E-state index in [-0.39, 0.29) is 0 Å². The molecule has 0 aliphatic rings. The van der Waals surface area contributed by atoms with Crippen LogP contribution in [0.3, 0.4) is 0 Å². The van der Waals surface area contributed by atoms with Gasteiger partial charge in [-0.15, -0.1) is 0 Å². The molecule has 0 amide bonds. The Bertz CT molecular complexity index is 316. The second-order valence-electron chi connectivity index (χ2n) is 3.12. The second kappa shape index (κ2) is 3.77. The van der Waals surface area contributed by atoms with Crippen molar-refractivity contribution < 1.29 is 0 Å². The summed E-state index contributed by atoms with van der Waals surface area (Å²) in [4.78, 5) is 0. The normalized spacial score (nSPS) is 10.5. The van der Waals surface area contributed by atoms with E-state index in [2.05, 4.69) is 0 Å². The first-order chi connectivity index (χ1) is 6.00. The first kappa shape index (κ1) is 10.7. The Balaban J connectivity index is 3.56. The molecule has 2 N–H and O–H groups in total. The molecule has 0 spiro atoms. The molecule has 0 atom stereocenters. The average Bonchev–Trinajstić information content (AvgIpc) is 2.13. The van der Waals surface area contributed by atoms with Crippen molar-refractivity contribution in [3.05, 3.63) is 26.7 Å². The highest BCUT2D eigenvalue weighted by Crippen LogP contribution is 2.36. The third kappa shape index (κ3) is 1.63. The fraction of sp³-hybridized carbons (Fsp3) is 0.400. The number of hydrogen-bond acceptors (Lipinski definition) is 1. The molecule has 0 fully saturated rings. The first-order valence-electron chi connectivity index (χ1n) is 4.23. The fourth-order valence-electron chi connectivity index (χ4n) is 1.35. The van der Waals surface area contributed by atoms with Gasteiger partial charge in [0.25, 0.3) is 0 Å². The van der Waals surface area contributed by atoms with E-state index < -0.39 is 0 Å². The maximum atomic E-state index is 6.06. The summed E-state index contributed by atoms with van der Waals surface area (Å²) in [6.07, 6.45) is 0.811. The molecule has 0 aromatic heterocycles. The molecular formula is C10H13Cl2N. The van der Waals surface area contributed by atoms with Gasteiger partial charge in [0.1, 0.15) is 0 Å². The summed E-state index contributed by atoms with van der Waals surface area (Å²) in [5, 5.41) is 1.23. The summed E-state index contributed by atoms with van der Waals surface area (Å²) >= 11 is 12.1. The minimum absolute atomic E-state index is 0.602. The maximum Gasteiger partial charge on any atom is 0.0647 e. The Morgan fingerprint density at radius 3 is 2.08 bits per heavy atom. The van der Waals surface area contributed by atoms with Gasteiger partial charge in [-0.1, -0.05) is 30.1 Å².